The van der Waals surface area contributed by atoms with Crippen molar-refractivity contribution >= 4 is 58.5 Å². The fraction of sp³-hybridized carbons (Fsp3) is 0.0154. The van der Waals surface area contributed by atoms with Crippen LogP contribution in [-0.2, 0) is 25.1 Å². The molecule has 10 aromatic carbocycles. The average molecular weight is 1010 g/mol. The Morgan fingerprint density at radius 3 is 1.12 bits per heavy atom. The van der Waals surface area contributed by atoms with E-state index in [0.29, 0.717) is 0 Å². The van der Waals surface area contributed by atoms with Crippen LogP contribution in [0.3, 0.4) is 0 Å². The Balaban J connectivity index is 0.802. The van der Waals surface area contributed by atoms with Crippen LogP contribution in [0.2, 0.25) is 0 Å². The molecule has 0 atom stereocenters. The molecule has 0 fully saturated rings. The van der Waals surface area contributed by atoms with E-state index < -0.39 is 25.1 Å². The van der Waals surface area contributed by atoms with Gasteiger partial charge in [-0.2, -0.15) is 0 Å². The second-order valence-corrected chi connectivity index (χ2v) is 22.4. The quantitative estimate of drug-likeness (QED) is 0.134. The van der Waals surface area contributed by atoms with E-state index in [1.54, 1.807) is 48.5 Å². The third-order valence-corrected chi connectivity index (χ3v) is 17.8. The first-order valence-corrected chi connectivity index (χ1v) is 27.5. The first-order valence-electron chi connectivity index (χ1n) is 24.5. The first-order chi connectivity index (χ1) is 36.7. The van der Waals surface area contributed by atoms with E-state index in [4.69, 9.17) is 0 Å². The zero-order valence-corrected chi connectivity index (χ0v) is 41.8. The van der Waals surface area contributed by atoms with Crippen LogP contribution in [0.1, 0.15) is 22.3 Å². The highest BCUT2D eigenvalue weighted by Gasteiger charge is 2.46. The van der Waals surface area contributed by atoms with Gasteiger partial charge in [0.1, 0.15) is 0 Å². The van der Waals surface area contributed by atoms with Gasteiger partial charge in [0, 0.05) is 22.1 Å². The zero-order chi connectivity index (χ0) is 50.7. The number of para-hydroxylation sites is 2. The van der Waals surface area contributed by atoms with Crippen LogP contribution >= 0.6 is 0 Å². The van der Waals surface area contributed by atoms with Gasteiger partial charge < -0.3 is 9.47 Å². The number of hydrogen-bond acceptors (Lipinski definition) is 7. The Morgan fingerprint density at radius 1 is 0.333 bits per heavy atom. The minimum absolute atomic E-state index is 0.00382. The predicted molar refractivity (Wildman–Crippen MR) is 298 cm³/mol. The van der Waals surface area contributed by atoms with Gasteiger partial charge in [0.05, 0.1) is 37.6 Å². The third kappa shape index (κ3) is 7.48. The van der Waals surface area contributed by atoms with Gasteiger partial charge in [-0.25, -0.2) is 16.8 Å². The summed E-state index contributed by atoms with van der Waals surface area (Å²) in [6, 6.07) is 86.9. The lowest BCUT2D eigenvalue weighted by Crippen LogP contribution is -2.37. The molecule has 12 aromatic rings. The van der Waals surface area contributed by atoms with Gasteiger partial charge in [-0.3, -0.25) is 0 Å². The molecule has 75 heavy (non-hydrogen) atoms. The Hall–Kier alpha value is -9.22. The molecule has 0 bridgehead atoms. The fourth-order valence-corrected chi connectivity index (χ4v) is 13.3. The monoisotopic (exact) mass is 1010 g/mol. The van der Waals surface area contributed by atoms with E-state index in [9.17, 15) is 16.8 Å². The van der Waals surface area contributed by atoms with Gasteiger partial charge in [0.2, 0.25) is 19.7 Å². The lowest BCUT2D eigenvalue weighted by molar-refractivity contribution is 0.580. The maximum absolute atomic E-state index is 14.2. The van der Waals surface area contributed by atoms with E-state index in [-0.39, 0.29) is 19.8 Å². The molecule has 0 N–H and O–H groups in total. The maximum Gasteiger partial charge on any atom is 0.225 e. The van der Waals surface area contributed by atoms with Gasteiger partial charge >= 0.3 is 0 Å². The molecule has 0 saturated heterocycles. The topological polar surface area (TPSA) is 102 Å². The SMILES string of the molecule is O=S(=O)(c1ccc(N2c3ccccc3C(c3ccccc3)(c3ccccc3)c3ccccc32)cc1)c1ccc(S(=O)(=O)c2ccc(-n3c4ccc(-c5ccccc5)cc4c4cc(-c5ccccc5)ccc43)cc2)nn1. The molecule has 0 amide bonds. The number of sulfone groups is 2. The van der Waals surface area contributed by atoms with E-state index >= 15 is 0 Å². The molecule has 8 nitrogen and oxygen atoms in total. The number of anilines is 3. The molecule has 360 valence electrons. The number of nitrogens with zero attached hydrogens (tertiary/aromatic N) is 4. The van der Waals surface area contributed by atoms with E-state index in [1.807, 2.05) is 60.7 Å². The third-order valence-electron chi connectivity index (χ3n) is 14.5. The number of hydrogen-bond donors (Lipinski definition) is 0. The maximum atomic E-state index is 14.2. The highest BCUT2D eigenvalue weighted by atomic mass is 32.2. The molecule has 10 heteroatoms. The highest BCUT2D eigenvalue weighted by Crippen LogP contribution is 2.57. The number of benzene rings is 10. The summed E-state index contributed by atoms with van der Waals surface area (Å²) in [5, 5.41) is 9.42. The second-order valence-electron chi connectivity index (χ2n) is 18.6. The summed E-state index contributed by atoms with van der Waals surface area (Å²) in [4.78, 5) is 2.16. The van der Waals surface area contributed by atoms with Crippen LogP contribution in [0.15, 0.2) is 287 Å². The van der Waals surface area contributed by atoms with Crippen molar-refractivity contribution in [3.8, 4) is 27.9 Å². The minimum atomic E-state index is -4.22. The summed E-state index contributed by atoms with van der Waals surface area (Å²) in [6.45, 7) is 0. The van der Waals surface area contributed by atoms with E-state index in [1.165, 1.54) is 12.1 Å². The predicted octanol–water partition coefficient (Wildman–Crippen LogP) is 14.7. The van der Waals surface area contributed by atoms with Crippen molar-refractivity contribution in [3.05, 3.63) is 289 Å². The molecule has 2 aromatic heterocycles. The molecule has 0 radical (unpaired) electrons. The average Bonchev–Trinajstić information content (AvgIpc) is 3.81. The lowest BCUT2D eigenvalue weighted by atomic mass is 9.62. The Morgan fingerprint density at radius 2 is 0.707 bits per heavy atom. The molecule has 0 spiro atoms. The second kappa shape index (κ2) is 18.1. The summed E-state index contributed by atoms with van der Waals surface area (Å²) >= 11 is 0. The van der Waals surface area contributed by atoms with Crippen LogP contribution < -0.4 is 4.90 Å². The van der Waals surface area contributed by atoms with Crippen molar-refractivity contribution in [1.29, 1.82) is 0 Å². The van der Waals surface area contributed by atoms with E-state index in [0.717, 1.165) is 89.1 Å². The van der Waals surface area contributed by atoms with Crippen molar-refractivity contribution < 1.29 is 16.8 Å². The van der Waals surface area contributed by atoms with Crippen molar-refractivity contribution in [3.63, 3.8) is 0 Å². The normalized spacial score (nSPS) is 13.1. The van der Waals surface area contributed by atoms with Crippen LogP contribution in [0.4, 0.5) is 17.1 Å². The Kier molecular flexibility index (Phi) is 11.0. The van der Waals surface area contributed by atoms with Crippen LogP contribution in [0.5, 0.6) is 0 Å². The van der Waals surface area contributed by atoms with Gasteiger partial charge in [-0.1, -0.05) is 170 Å². The van der Waals surface area contributed by atoms with Crippen molar-refractivity contribution in [2.24, 2.45) is 0 Å². The fourth-order valence-electron chi connectivity index (χ4n) is 11.0. The molecule has 0 aliphatic carbocycles. The smallest absolute Gasteiger partial charge is 0.225 e. The summed E-state index contributed by atoms with van der Waals surface area (Å²) in [7, 11) is -8.42. The van der Waals surface area contributed by atoms with Crippen molar-refractivity contribution in [2.45, 2.75) is 25.3 Å². The van der Waals surface area contributed by atoms with E-state index in [2.05, 4.69) is 165 Å². The van der Waals surface area contributed by atoms with Gasteiger partial charge in [0.25, 0.3) is 0 Å². The van der Waals surface area contributed by atoms with Crippen LogP contribution in [0, 0.1) is 0 Å². The number of rotatable bonds is 10. The molecule has 0 saturated carbocycles. The van der Waals surface area contributed by atoms with Gasteiger partial charge in [0.15, 0.2) is 10.1 Å². The number of aromatic nitrogens is 3. The summed E-state index contributed by atoms with van der Waals surface area (Å²) in [5.74, 6) is 0. The summed E-state index contributed by atoms with van der Waals surface area (Å²) in [5.41, 5.74) is 13.6. The molecule has 13 rings (SSSR count). The van der Waals surface area contributed by atoms with Crippen LogP contribution in [0.25, 0.3) is 49.7 Å². The highest BCUT2D eigenvalue weighted by molar-refractivity contribution is 7.91. The first kappa shape index (κ1) is 45.6. The molecule has 3 heterocycles. The van der Waals surface area contributed by atoms with Gasteiger partial charge in [-0.05, 0) is 142 Å². The Labute approximate surface area is 435 Å². The largest absolute Gasteiger partial charge is 0.310 e. The molecular weight excluding hydrogens is 965 g/mol. The zero-order valence-electron chi connectivity index (χ0n) is 40.1. The molecular formula is C65H44N4O4S2. The molecule has 1 aliphatic heterocycles. The lowest BCUT2D eigenvalue weighted by Gasteiger charge is -2.46. The van der Waals surface area contributed by atoms with Crippen molar-refractivity contribution in [2.75, 3.05) is 4.90 Å². The minimum Gasteiger partial charge on any atom is -0.310 e. The summed E-state index contributed by atoms with van der Waals surface area (Å²) < 4.78 is 58.8. The van der Waals surface area contributed by atoms with Crippen molar-refractivity contribution in [1.82, 2.24) is 14.8 Å². The molecule has 0 unspecified atom stereocenters. The summed E-state index contributed by atoms with van der Waals surface area (Å²) in [6.07, 6.45) is 0. The van der Waals surface area contributed by atoms with Crippen LogP contribution in [-0.4, -0.2) is 31.6 Å². The molecule has 1 aliphatic rings. The standard InChI is InChI=1S/C65H44N4O4S2/c70-74(71,53-35-31-51(32-36-53)68-59-39-29-47(45-17-5-1-6-18-45)43-55(59)56-44-48(30-40-60(56)68)46-19-7-2-8-20-46)63-41-42-64(67-66-63)75(72,73)54-37-33-52(34-38-54)69-61-27-15-13-25-57(61)65(49-21-9-3-10-22-49,50-23-11-4-12-24-50)58-26-14-16-28-62(58)69/h1-44H. The van der Waals surface area contributed by atoms with Gasteiger partial charge in [-0.15, -0.1) is 10.2 Å². The Bertz CT molecular complexity index is 4160. The number of fused-ring (bicyclic) bond motifs is 5.